The number of hydrogen-bond donors (Lipinski definition) is 0. The van der Waals surface area contributed by atoms with Crippen molar-refractivity contribution < 1.29 is 0 Å². The van der Waals surface area contributed by atoms with Gasteiger partial charge in [0.05, 0.1) is 27.8 Å². The van der Waals surface area contributed by atoms with Gasteiger partial charge in [-0.1, -0.05) is 78.9 Å². The molecular weight excluding hydrogens is 569 g/mol. The molecule has 10 aromatic rings. The maximum atomic E-state index is 5.21. The minimum absolute atomic E-state index is 0.672. The summed E-state index contributed by atoms with van der Waals surface area (Å²) < 4.78 is 7.13. The molecule has 210 valence electrons. The highest BCUT2D eigenvalue weighted by atomic mass is 32.1. The Morgan fingerprint density at radius 3 is 1.93 bits per heavy atom. The molecule has 0 aliphatic heterocycles. The van der Waals surface area contributed by atoms with E-state index in [2.05, 4.69) is 143 Å². The third kappa shape index (κ3) is 3.59. The fraction of sp³-hybridized carbons (Fsp3) is 0. The van der Waals surface area contributed by atoms with Gasteiger partial charge in [-0.25, -0.2) is 9.97 Å². The van der Waals surface area contributed by atoms with Crippen LogP contribution < -0.4 is 0 Å². The van der Waals surface area contributed by atoms with Gasteiger partial charge >= 0.3 is 0 Å². The predicted molar refractivity (Wildman–Crippen MR) is 189 cm³/mol. The van der Waals surface area contributed by atoms with E-state index in [1.807, 2.05) is 23.6 Å². The van der Waals surface area contributed by atoms with E-state index in [4.69, 9.17) is 9.97 Å². The largest absolute Gasteiger partial charge is 0.309 e. The molecule has 4 aromatic heterocycles. The number of para-hydroxylation sites is 3. The lowest BCUT2D eigenvalue weighted by Crippen LogP contribution is -2.01. The van der Waals surface area contributed by atoms with Crippen LogP contribution in [0, 0.1) is 0 Å². The number of hydrogen-bond acceptors (Lipinski definition) is 3. The fourth-order valence-electron chi connectivity index (χ4n) is 7.01. The van der Waals surface area contributed by atoms with E-state index in [1.54, 1.807) is 0 Å². The lowest BCUT2D eigenvalue weighted by Gasteiger charge is -2.09. The van der Waals surface area contributed by atoms with Gasteiger partial charge in [0.15, 0.2) is 0 Å². The molecule has 0 aliphatic carbocycles. The van der Waals surface area contributed by atoms with Gasteiger partial charge in [0.1, 0.15) is 0 Å². The Balaban J connectivity index is 1.19. The summed E-state index contributed by atoms with van der Waals surface area (Å²) in [7, 11) is 0. The molecule has 0 fully saturated rings. The molecule has 4 heterocycles. The van der Waals surface area contributed by atoms with E-state index in [0.717, 1.165) is 28.0 Å². The van der Waals surface area contributed by atoms with E-state index in [1.165, 1.54) is 52.8 Å². The smallest absolute Gasteiger partial charge is 0.235 e. The average Bonchev–Trinajstić information content (AvgIpc) is 3.74. The minimum atomic E-state index is 0.672. The van der Waals surface area contributed by atoms with Gasteiger partial charge in [-0.05, 0) is 60.7 Å². The van der Waals surface area contributed by atoms with Crippen LogP contribution in [0.3, 0.4) is 0 Å². The number of fused-ring (bicyclic) bond motifs is 9. The molecular formula is C40H24N4S. The highest BCUT2D eigenvalue weighted by Crippen LogP contribution is 2.40. The van der Waals surface area contributed by atoms with Crippen LogP contribution in [0.25, 0.3) is 86.7 Å². The monoisotopic (exact) mass is 592 g/mol. The van der Waals surface area contributed by atoms with Crippen molar-refractivity contribution in [3.63, 3.8) is 0 Å². The van der Waals surface area contributed by atoms with Gasteiger partial charge in [-0.15, -0.1) is 11.3 Å². The molecule has 0 radical (unpaired) electrons. The predicted octanol–water partition coefficient (Wildman–Crippen LogP) is 10.7. The van der Waals surface area contributed by atoms with Crippen molar-refractivity contribution in [1.82, 2.24) is 19.1 Å². The van der Waals surface area contributed by atoms with E-state index >= 15 is 0 Å². The Morgan fingerprint density at radius 1 is 0.444 bits per heavy atom. The van der Waals surface area contributed by atoms with Gasteiger partial charge < -0.3 is 4.57 Å². The Morgan fingerprint density at radius 2 is 1.11 bits per heavy atom. The Hall–Kier alpha value is -5.78. The van der Waals surface area contributed by atoms with Crippen molar-refractivity contribution in [2.45, 2.75) is 0 Å². The second kappa shape index (κ2) is 9.36. The van der Waals surface area contributed by atoms with Gasteiger partial charge in [-0.2, -0.15) is 0 Å². The number of nitrogens with zero attached hydrogens (tertiary/aromatic N) is 4. The van der Waals surface area contributed by atoms with Crippen LogP contribution in [0.4, 0.5) is 0 Å². The highest BCUT2D eigenvalue weighted by molar-refractivity contribution is 7.25. The topological polar surface area (TPSA) is 35.6 Å². The van der Waals surface area contributed by atoms with Crippen LogP contribution in [-0.4, -0.2) is 19.1 Å². The van der Waals surface area contributed by atoms with Crippen molar-refractivity contribution in [2.75, 3.05) is 0 Å². The molecule has 0 amide bonds. The quantitative estimate of drug-likeness (QED) is 0.205. The van der Waals surface area contributed by atoms with Crippen LogP contribution in [0.15, 0.2) is 146 Å². The lowest BCUT2D eigenvalue weighted by atomic mass is 10.1. The standard InChI is InChI=1S/C40H24N4S/c1-2-10-26(11-3-1)43-34-15-7-4-12-27(34)30-22-25(18-19-36(30)43)33-20-21-41-40(42-33)44-35-16-8-5-13-28(35)31-23-32-29-14-6-9-17-38(29)45-39(32)24-37(31)44/h1-24H. The fourth-order valence-corrected chi connectivity index (χ4v) is 8.13. The normalized spacial score (nSPS) is 12.0. The summed E-state index contributed by atoms with van der Waals surface area (Å²) in [5.74, 6) is 0.672. The van der Waals surface area contributed by atoms with Crippen LogP contribution in [-0.2, 0) is 0 Å². The molecule has 0 unspecified atom stereocenters. The Bertz CT molecular complexity index is 2770. The Kier molecular flexibility index (Phi) is 5.12. The molecule has 5 heteroatoms. The van der Waals surface area contributed by atoms with Gasteiger partial charge in [0.2, 0.25) is 5.95 Å². The van der Waals surface area contributed by atoms with Crippen molar-refractivity contribution in [3.05, 3.63) is 146 Å². The SMILES string of the molecule is c1ccc(-n2c3ccccc3c3cc(-c4ccnc(-n5c6ccccc6c6cc7c(cc65)sc5ccccc57)n4)ccc32)cc1. The van der Waals surface area contributed by atoms with E-state index in [9.17, 15) is 0 Å². The first-order chi connectivity index (χ1) is 22.3. The van der Waals surface area contributed by atoms with Crippen LogP contribution in [0.1, 0.15) is 0 Å². The van der Waals surface area contributed by atoms with Crippen molar-refractivity contribution in [3.8, 4) is 22.9 Å². The lowest BCUT2D eigenvalue weighted by molar-refractivity contribution is 0.993. The Labute approximate surface area is 262 Å². The third-order valence-electron chi connectivity index (χ3n) is 9.00. The van der Waals surface area contributed by atoms with Crippen molar-refractivity contribution in [2.24, 2.45) is 0 Å². The number of benzene rings is 6. The molecule has 0 N–H and O–H groups in total. The van der Waals surface area contributed by atoms with Crippen molar-refractivity contribution >= 4 is 75.1 Å². The summed E-state index contributed by atoms with van der Waals surface area (Å²) in [5, 5.41) is 7.44. The maximum Gasteiger partial charge on any atom is 0.235 e. The summed E-state index contributed by atoms with van der Waals surface area (Å²) >= 11 is 1.84. The van der Waals surface area contributed by atoms with Crippen LogP contribution in [0.2, 0.25) is 0 Å². The first-order valence-electron chi connectivity index (χ1n) is 15.1. The molecule has 0 saturated heterocycles. The zero-order valence-corrected chi connectivity index (χ0v) is 24.9. The second-order valence-electron chi connectivity index (χ2n) is 11.5. The van der Waals surface area contributed by atoms with Crippen molar-refractivity contribution in [1.29, 1.82) is 0 Å². The number of thiophene rings is 1. The summed E-state index contributed by atoms with van der Waals surface area (Å²) in [6.45, 7) is 0. The first kappa shape index (κ1) is 24.6. The van der Waals surface area contributed by atoms with Crippen LogP contribution in [0.5, 0.6) is 0 Å². The van der Waals surface area contributed by atoms with Gasteiger partial charge in [0, 0.05) is 59.2 Å². The van der Waals surface area contributed by atoms with E-state index < -0.39 is 0 Å². The van der Waals surface area contributed by atoms with Gasteiger partial charge in [0.25, 0.3) is 0 Å². The summed E-state index contributed by atoms with van der Waals surface area (Å²) in [4.78, 5) is 10.0. The second-order valence-corrected chi connectivity index (χ2v) is 12.6. The third-order valence-corrected chi connectivity index (χ3v) is 10.1. The van der Waals surface area contributed by atoms with E-state index in [0.29, 0.717) is 5.95 Å². The molecule has 10 rings (SSSR count). The number of aromatic nitrogens is 4. The molecule has 6 aromatic carbocycles. The zero-order valence-electron chi connectivity index (χ0n) is 24.1. The summed E-state index contributed by atoms with van der Waals surface area (Å²) in [6, 6.07) is 49.8. The molecule has 0 saturated carbocycles. The van der Waals surface area contributed by atoms with Crippen LogP contribution >= 0.6 is 11.3 Å². The minimum Gasteiger partial charge on any atom is -0.309 e. The average molecular weight is 593 g/mol. The maximum absolute atomic E-state index is 5.21. The first-order valence-corrected chi connectivity index (χ1v) is 15.9. The molecule has 45 heavy (non-hydrogen) atoms. The molecule has 0 bridgehead atoms. The molecule has 0 aliphatic rings. The summed E-state index contributed by atoms with van der Waals surface area (Å²) in [5.41, 5.74) is 7.70. The number of rotatable bonds is 3. The molecule has 0 spiro atoms. The summed E-state index contributed by atoms with van der Waals surface area (Å²) in [6.07, 6.45) is 1.88. The molecule has 4 nitrogen and oxygen atoms in total. The zero-order chi connectivity index (χ0) is 29.5. The van der Waals surface area contributed by atoms with E-state index in [-0.39, 0.29) is 0 Å². The molecule has 0 atom stereocenters. The van der Waals surface area contributed by atoms with Gasteiger partial charge in [-0.3, -0.25) is 4.57 Å². The highest BCUT2D eigenvalue weighted by Gasteiger charge is 2.18.